The maximum Gasteiger partial charge on any atom is 0.430 e. The lowest BCUT2D eigenvalue weighted by Crippen LogP contribution is -2.54. The van der Waals surface area contributed by atoms with Gasteiger partial charge in [-0.1, -0.05) is 24.3 Å². The van der Waals surface area contributed by atoms with Gasteiger partial charge in [-0.3, -0.25) is 9.59 Å². The number of amides is 1. The van der Waals surface area contributed by atoms with Crippen LogP contribution in [0.4, 0.5) is 26.3 Å². The molecule has 0 aliphatic carbocycles. The second-order valence-electron chi connectivity index (χ2n) is 6.50. The number of aliphatic hydroxyl groups is 1. The maximum atomic E-state index is 13.6. The first-order valence-corrected chi connectivity index (χ1v) is 8.57. The molecule has 0 spiro atoms. The van der Waals surface area contributed by atoms with Gasteiger partial charge in [0.1, 0.15) is 5.82 Å². The Bertz CT molecular complexity index is 1190. The van der Waals surface area contributed by atoms with E-state index in [2.05, 4.69) is 9.97 Å². The Labute approximate surface area is 169 Å². The van der Waals surface area contributed by atoms with Gasteiger partial charge in [-0.2, -0.15) is 26.3 Å². The van der Waals surface area contributed by atoms with E-state index >= 15 is 0 Å². The number of hydrogen-bond acceptors (Lipinski definition) is 4. The zero-order valence-corrected chi connectivity index (χ0v) is 15.3. The number of para-hydroxylation sites is 1. The number of hydrogen-bond donors (Lipinski definition) is 3. The third-order valence-corrected chi connectivity index (χ3v) is 4.42. The molecule has 0 unspecified atom stereocenters. The Hall–Kier alpha value is -3.41. The van der Waals surface area contributed by atoms with E-state index in [1.165, 1.54) is 12.1 Å². The molecular weight excluding hydrogens is 432 g/mol. The lowest BCUT2D eigenvalue weighted by atomic mass is 9.90. The molecule has 3 N–H and O–H groups in total. The Kier molecular flexibility index (Phi) is 5.53. The Morgan fingerprint density at radius 2 is 1.65 bits per heavy atom. The van der Waals surface area contributed by atoms with E-state index in [1.807, 2.05) is 0 Å². The largest absolute Gasteiger partial charge is 0.430 e. The molecule has 2 aromatic carbocycles. The molecule has 3 rings (SSSR count). The highest BCUT2D eigenvalue weighted by Crippen LogP contribution is 2.41. The third-order valence-electron chi connectivity index (χ3n) is 4.42. The van der Waals surface area contributed by atoms with Crippen molar-refractivity contribution in [2.24, 2.45) is 0 Å². The van der Waals surface area contributed by atoms with Gasteiger partial charge in [0.25, 0.3) is 17.1 Å². The molecule has 0 bridgehead atoms. The van der Waals surface area contributed by atoms with Crippen molar-refractivity contribution < 1.29 is 36.2 Å². The van der Waals surface area contributed by atoms with E-state index in [0.717, 1.165) is 0 Å². The highest BCUT2D eigenvalue weighted by atomic mass is 19.4. The Morgan fingerprint density at radius 3 is 2.29 bits per heavy atom. The predicted octanol–water partition coefficient (Wildman–Crippen LogP) is 3.01. The van der Waals surface area contributed by atoms with Crippen molar-refractivity contribution in [3.63, 3.8) is 0 Å². The number of alkyl halides is 6. The summed E-state index contributed by atoms with van der Waals surface area (Å²) in [7, 11) is 0. The van der Waals surface area contributed by atoms with Gasteiger partial charge in [0.05, 0.1) is 23.0 Å². The minimum atomic E-state index is -5.65. The number of nitrogens with one attached hydrogen (secondary N) is 2. The zero-order chi connectivity index (χ0) is 23.0. The van der Waals surface area contributed by atoms with E-state index < -0.39 is 47.1 Å². The van der Waals surface area contributed by atoms with Crippen molar-refractivity contribution in [1.82, 2.24) is 15.3 Å². The molecule has 31 heavy (non-hydrogen) atoms. The number of benzene rings is 2. The van der Waals surface area contributed by atoms with Gasteiger partial charge in [-0.05, 0) is 24.3 Å². The molecular formula is C19H13F6N3O3. The molecule has 1 heterocycles. The van der Waals surface area contributed by atoms with Crippen molar-refractivity contribution in [3.05, 3.63) is 75.8 Å². The van der Waals surface area contributed by atoms with Crippen LogP contribution < -0.4 is 10.9 Å². The molecule has 6 nitrogen and oxygen atoms in total. The van der Waals surface area contributed by atoms with Crippen LogP contribution in [0.25, 0.3) is 10.9 Å². The van der Waals surface area contributed by atoms with Crippen molar-refractivity contribution >= 4 is 16.8 Å². The van der Waals surface area contributed by atoms with Gasteiger partial charge in [0, 0.05) is 5.56 Å². The van der Waals surface area contributed by atoms with Gasteiger partial charge in [0.15, 0.2) is 0 Å². The minimum Gasteiger partial charge on any atom is -0.369 e. The monoisotopic (exact) mass is 445 g/mol. The number of H-pyrrole nitrogens is 1. The minimum absolute atomic E-state index is 0.0449. The molecule has 1 atom stereocenters. The van der Waals surface area contributed by atoms with Crippen LogP contribution in [0.15, 0.2) is 53.3 Å². The first kappa shape index (κ1) is 22.3. The van der Waals surface area contributed by atoms with Crippen LogP contribution in [0.3, 0.4) is 0 Å². The molecule has 1 amide bonds. The smallest absolute Gasteiger partial charge is 0.369 e. The first-order valence-electron chi connectivity index (χ1n) is 8.57. The summed E-state index contributed by atoms with van der Waals surface area (Å²) in [5, 5.41) is 12.2. The fourth-order valence-corrected chi connectivity index (χ4v) is 2.85. The highest BCUT2D eigenvalue weighted by molar-refractivity contribution is 5.87. The van der Waals surface area contributed by atoms with Gasteiger partial charge in [0.2, 0.25) is 0 Å². The molecule has 1 aromatic heterocycles. The zero-order valence-electron chi connectivity index (χ0n) is 15.3. The summed E-state index contributed by atoms with van der Waals surface area (Å²) < 4.78 is 79.5. The van der Waals surface area contributed by atoms with Crippen LogP contribution in [0.1, 0.15) is 17.0 Å². The number of aromatic nitrogens is 2. The number of halogens is 6. The van der Waals surface area contributed by atoms with Crippen molar-refractivity contribution in [3.8, 4) is 0 Å². The summed E-state index contributed by atoms with van der Waals surface area (Å²) in [6.07, 6.45) is -10.6. The summed E-state index contributed by atoms with van der Waals surface area (Å²) in [6, 6.07) is 7.80. The van der Waals surface area contributed by atoms with Crippen LogP contribution in [0, 0.1) is 0 Å². The average Bonchev–Trinajstić information content (AvgIpc) is 2.70. The molecule has 0 saturated heterocycles. The Balaban J connectivity index is 1.94. The highest BCUT2D eigenvalue weighted by Gasteiger charge is 2.61. The number of nitrogens with zero attached hydrogens (tertiary/aromatic N) is 1. The first-order chi connectivity index (χ1) is 14.3. The van der Waals surface area contributed by atoms with Gasteiger partial charge >= 0.3 is 12.4 Å². The normalized spacial score (nSPS) is 14.3. The summed E-state index contributed by atoms with van der Waals surface area (Å²) in [6.45, 7) is -0.726. The molecule has 164 valence electrons. The maximum absolute atomic E-state index is 13.6. The van der Waals surface area contributed by atoms with Crippen molar-refractivity contribution in [2.45, 2.75) is 24.5 Å². The lowest BCUT2D eigenvalue weighted by Gasteiger charge is -2.30. The third kappa shape index (κ3) is 4.24. The van der Waals surface area contributed by atoms with Gasteiger partial charge in [-0.25, -0.2) is 4.98 Å². The van der Waals surface area contributed by atoms with Crippen LogP contribution in [0.2, 0.25) is 0 Å². The van der Waals surface area contributed by atoms with Crippen LogP contribution >= 0.6 is 0 Å². The van der Waals surface area contributed by atoms with Gasteiger partial charge in [-0.15, -0.1) is 0 Å². The van der Waals surface area contributed by atoms with Crippen molar-refractivity contribution in [2.75, 3.05) is 0 Å². The van der Waals surface area contributed by atoms with Crippen molar-refractivity contribution in [1.29, 1.82) is 0 Å². The van der Waals surface area contributed by atoms with E-state index in [0.29, 0.717) is 18.2 Å². The molecule has 0 saturated carbocycles. The summed E-state index contributed by atoms with van der Waals surface area (Å²) >= 11 is 0. The quantitative estimate of drug-likeness (QED) is 0.538. The summed E-state index contributed by atoms with van der Waals surface area (Å²) in [5.41, 5.74) is -7.46. The van der Waals surface area contributed by atoms with E-state index in [9.17, 15) is 41.0 Å². The van der Waals surface area contributed by atoms with Crippen LogP contribution in [-0.4, -0.2) is 27.2 Å². The number of rotatable bonds is 4. The van der Waals surface area contributed by atoms with E-state index in [4.69, 9.17) is 0 Å². The summed E-state index contributed by atoms with van der Waals surface area (Å²) in [4.78, 5) is 30.6. The van der Waals surface area contributed by atoms with Gasteiger partial charge < -0.3 is 15.4 Å². The fourth-order valence-electron chi connectivity index (χ4n) is 2.85. The molecule has 0 fully saturated rings. The standard InChI is InChI=1S/C19H13F6N3O3/c20-18(21,22)11-5-3-4-10(8-11)17(31,19(23,24)25)16(30)26-9-14-27-13-7-2-1-6-12(13)15(29)28-14/h1-8,31H,9H2,(H,26,30)(H,27,28,29)/t17-/m0/s1. The predicted molar refractivity (Wildman–Crippen MR) is 95.6 cm³/mol. The topological polar surface area (TPSA) is 95.1 Å². The second-order valence-corrected chi connectivity index (χ2v) is 6.50. The van der Waals surface area contributed by atoms with Crippen LogP contribution in [-0.2, 0) is 23.1 Å². The molecule has 12 heteroatoms. The number of carbonyl (C=O) groups is 1. The van der Waals surface area contributed by atoms with E-state index in [1.54, 1.807) is 17.4 Å². The molecule has 3 aromatic rings. The average molecular weight is 445 g/mol. The molecule has 0 aliphatic rings. The Morgan fingerprint density at radius 1 is 1.00 bits per heavy atom. The SMILES string of the molecule is O=C(NCc1nc2ccccc2c(=O)[nH]1)[C@@](O)(c1cccc(C(F)(F)F)c1)C(F)(F)F. The van der Waals surface area contributed by atoms with E-state index in [-0.39, 0.29) is 22.8 Å². The number of fused-ring (bicyclic) bond motifs is 1. The molecule has 0 aliphatic heterocycles. The number of aromatic amines is 1. The molecule has 0 radical (unpaired) electrons. The fraction of sp³-hybridized carbons (Fsp3) is 0.211. The lowest BCUT2D eigenvalue weighted by molar-refractivity contribution is -0.257. The second kappa shape index (κ2) is 7.69. The van der Waals surface area contributed by atoms with Crippen LogP contribution in [0.5, 0.6) is 0 Å². The number of carbonyl (C=O) groups excluding carboxylic acids is 1. The summed E-state index contributed by atoms with van der Waals surface area (Å²) in [5.74, 6) is -2.25.